The van der Waals surface area contributed by atoms with Gasteiger partial charge in [0.25, 0.3) is 0 Å². The van der Waals surface area contributed by atoms with Crippen LogP contribution in [0.4, 0.5) is 0 Å². The Morgan fingerprint density at radius 1 is 0.875 bits per heavy atom. The molecule has 0 spiro atoms. The summed E-state index contributed by atoms with van der Waals surface area (Å²) < 4.78 is 6.75. The van der Waals surface area contributed by atoms with Gasteiger partial charge in [0.2, 0.25) is 5.78 Å². The highest BCUT2D eigenvalue weighted by Crippen LogP contribution is 2.20. The average molecular weight is 423 g/mol. The molecule has 0 radical (unpaired) electrons. The SMILES string of the molecule is COc1ccc(C(=O)/C=C/c2ccccc2-n2nnc(C(=O)c3ccccc3)c2C)cc1. The van der Waals surface area contributed by atoms with Crippen LogP contribution >= 0.6 is 0 Å². The van der Waals surface area contributed by atoms with E-state index in [2.05, 4.69) is 10.3 Å². The topological polar surface area (TPSA) is 74.1 Å². The second kappa shape index (κ2) is 9.22. The van der Waals surface area contributed by atoms with Crippen molar-refractivity contribution in [1.29, 1.82) is 0 Å². The van der Waals surface area contributed by atoms with E-state index in [0.717, 1.165) is 11.3 Å². The van der Waals surface area contributed by atoms with Gasteiger partial charge in [-0.1, -0.05) is 53.7 Å². The quantitative estimate of drug-likeness (QED) is 0.318. The molecule has 0 aliphatic carbocycles. The van der Waals surface area contributed by atoms with Crippen molar-refractivity contribution in [2.75, 3.05) is 7.11 Å². The third-order valence-electron chi connectivity index (χ3n) is 5.10. The van der Waals surface area contributed by atoms with Crippen LogP contribution in [-0.2, 0) is 0 Å². The summed E-state index contributed by atoms with van der Waals surface area (Å²) >= 11 is 0. The summed E-state index contributed by atoms with van der Waals surface area (Å²) in [6.45, 7) is 1.80. The van der Waals surface area contributed by atoms with E-state index in [9.17, 15) is 9.59 Å². The van der Waals surface area contributed by atoms with Crippen molar-refractivity contribution < 1.29 is 14.3 Å². The van der Waals surface area contributed by atoms with E-state index >= 15 is 0 Å². The fourth-order valence-corrected chi connectivity index (χ4v) is 3.33. The molecule has 6 nitrogen and oxygen atoms in total. The molecule has 32 heavy (non-hydrogen) atoms. The van der Waals surface area contributed by atoms with Gasteiger partial charge in [0.15, 0.2) is 11.5 Å². The minimum Gasteiger partial charge on any atom is -0.497 e. The molecule has 0 saturated carbocycles. The minimum absolute atomic E-state index is 0.127. The van der Waals surface area contributed by atoms with E-state index in [0.29, 0.717) is 28.3 Å². The van der Waals surface area contributed by atoms with Crippen LogP contribution in [0.5, 0.6) is 5.75 Å². The lowest BCUT2D eigenvalue weighted by Crippen LogP contribution is -2.06. The molecule has 1 aromatic heterocycles. The zero-order valence-electron chi connectivity index (χ0n) is 17.7. The molecule has 0 bridgehead atoms. The molecule has 1 heterocycles. The molecule has 4 rings (SSSR count). The number of hydrogen-bond donors (Lipinski definition) is 0. The van der Waals surface area contributed by atoms with Crippen molar-refractivity contribution in [3.63, 3.8) is 0 Å². The van der Waals surface area contributed by atoms with E-state index in [-0.39, 0.29) is 11.6 Å². The van der Waals surface area contributed by atoms with Crippen LogP contribution in [0.3, 0.4) is 0 Å². The highest BCUT2D eigenvalue weighted by molar-refractivity contribution is 6.08. The van der Waals surface area contributed by atoms with Gasteiger partial charge in [0.05, 0.1) is 18.5 Å². The maximum absolute atomic E-state index is 12.8. The lowest BCUT2D eigenvalue weighted by Gasteiger charge is -2.08. The smallest absolute Gasteiger partial charge is 0.215 e. The zero-order chi connectivity index (χ0) is 22.5. The van der Waals surface area contributed by atoms with Crippen molar-refractivity contribution in [3.8, 4) is 11.4 Å². The standard InChI is InChI=1S/C26H21N3O3/c1-18-25(26(31)21-9-4-3-5-10-21)27-28-29(18)23-11-7-6-8-19(23)14-17-24(30)20-12-15-22(32-2)16-13-20/h3-17H,1-2H3/b17-14+. The molecule has 0 aliphatic heterocycles. The Hall–Kier alpha value is -4.32. The summed E-state index contributed by atoms with van der Waals surface area (Å²) in [6, 6.07) is 23.4. The zero-order valence-corrected chi connectivity index (χ0v) is 17.7. The van der Waals surface area contributed by atoms with Crippen molar-refractivity contribution in [3.05, 3.63) is 113 Å². The van der Waals surface area contributed by atoms with Gasteiger partial charge >= 0.3 is 0 Å². The van der Waals surface area contributed by atoms with Gasteiger partial charge in [-0.05, 0) is 49.4 Å². The van der Waals surface area contributed by atoms with Gasteiger partial charge in [-0.2, -0.15) is 0 Å². The van der Waals surface area contributed by atoms with E-state index in [1.54, 1.807) is 61.2 Å². The summed E-state index contributed by atoms with van der Waals surface area (Å²) in [6.07, 6.45) is 3.25. The van der Waals surface area contributed by atoms with Gasteiger partial charge in [0.1, 0.15) is 5.75 Å². The lowest BCUT2D eigenvalue weighted by atomic mass is 10.1. The van der Waals surface area contributed by atoms with Crippen LogP contribution < -0.4 is 4.74 Å². The van der Waals surface area contributed by atoms with E-state index in [1.165, 1.54) is 6.08 Å². The number of ketones is 2. The van der Waals surface area contributed by atoms with Crippen molar-refractivity contribution in [2.24, 2.45) is 0 Å². The van der Waals surface area contributed by atoms with E-state index in [1.807, 2.05) is 42.5 Å². The van der Waals surface area contributed by atoms with Gasteiger partial charge in [-0.15, -0.1) is 5.10 Å². The number of ether oxygens (including phenoxy) is 1. The van der Waals surface area contributed by atoms with Gasteiger partial charge < -0.3 is 4.74 Å². The summed E-state index contributed by atoms with van der Waals surface area (Å²) in [5.41, 5.74) is 3.54. The molecule has 0 aliphatic rings. The maximum atomic E-state index is 12.8. The van der Waals surface area contributed by atoms with Gasteiger partial charge in [-0.25, -0.2) is 4.68 Å². The van der Waals surface area contributed by atoms with Crippen LogP contribution in [0, 0.1) is 6.92 Å². The first-order chi connectivity index (χ1) is 15.6. The molecular weight excluding hydrogens is 402 g/mol. The normalized spacial score (nSPS) is 10.9. The summed E-state index contributed by atoms with van der Waals surface area (Å²) in [5, 5.41) is 8.34. The summed E-state index contributed by atoms with van der Waals surface area (Å²) in [4.78, 5) is 25.4. The monoisotopic (exact) mass is 423 g/mol. The van der Waals surface area contributed by atoms with Crippen LogP contribution in [0.1, 0.15) is 37.7 Å². The molecule has 158 valence electrons. The van der Waals surface area contributed by atoms with Gasteiger partial charge in [-0.3, -0.25) is 9.59 Å². The molecule has 0 atom stereocenters. The lowest BCUT2D eigenvalue weighted by molar-refractivity contribution is 0.103. The maximum Gasteiger partial charge on any atom is 0.215 e. The van der Waals surface area contributed by atoms with Crippen LogP contribution in [0.15, 0.2) is 84.9 Å². The number of hydrogen-bond acceptors (Lipinski definition) is 5. The first kappa shape index (κ1) is 20.9. The molecule has 6 heteroatoms. The number of rotatable bonds is 7. The number of carbonyl (C=O) groups is 2. The molecular formula is C26H21N3O3. The van der Waals surface area contributed by atoms with Crippen LogP contribution in [0.2, 0.25) is 0 Å². The Balaban J connectivity index is 1.63. The van der Waals surface area contributed by atoms with E-state index < -0.39 is 0 Å². The molecule has 4 aromatic rings. The number of nitrogens with zero attached hydrogens (tertiary/aromatic N) is 3. The molecule has 0 amide bonds. The second-order valence-electron chi connectivity index (χ2n) is 7.12. The van der Waals surface area contributed by atoms with Gasteiger partial charge in [0, 0.05) is 16.7 Å². The average Bonchev–Trinajstić information content (AvgIpc) is 3.23. The molecule has 3 aromatic carbocycles. The summed E-state index contributed by atoms with van der Waals surface area (Å²) in [7, 11) is 1.58. The Morgan fingerprint density at radius 3 is 2.28 bits per heavy atom. The summed E-state index contributed by atoms with van der Waals surface area (Å²) in [5.74, 6) is 0.383. The fraction of sp³-hybridized carbons (Fsp3) is 0.0769. The Bertz CT molecular complexity index is 1290. The van der Waals surface area contributed by atoms with Crippen molar-refractivity contribution in [2.45, 2.75) is 6.92 Å². The fourth-order valence-electron chi connectivity index (χ4n) is 3.33. The number of aromatic nitrogens is 3. The number of carbonyl (C=O) groups excluding carboxylic acids is 2. The van der Waals surface area contributed by atoms with Crippen LogP contribution in [0.25, 0.3) is 11.8 Å². The first-order valence-corrected chi connectivity index (χ1v) is 10.1. The number of benzene rings is 3. The molecule has 0 unspecified atom stereocenters. The molecule has 0 fully saturated rings. The predicted octanol–water partition coefficient (Wildman–Crippen LogP) is 4.71. The number of allylic oxidation sites excluding steroid dienone is 1. The molecule has 0 saturated heterocycles. The predicted molar refractivity (Wildman–Crippen MR) is 122 cm³/mol. The number of para-hydroxylation sites is 1. The van der Waals surface area contributed by atoms with Crippen molar-refractivity contribution >= 4 is 17.6 Å². The van der Waals surface area contributed by atoms with Crippen molar-refractivity contribution in [1.82, 2.24) is 15.0 Å². The second-order valence-corrected chi connectivity index (χ2v) is 7.12. The Labute approximate surface area is 185 Å². The highest BCUT2D eigenvalue weighted by atomic mass is 16.5. The van der Waals surface area contributed by atoms with E-state index in [4.69, 9.17) is 4.74 Å². The third kappa shape index (κ3) is 4.25. The third-order valence-corrected chi connectivity index (χ3v) is 5.10. The highest BCUT2D eigenvalue weighted by Gasteiger charge is 2.19. The first-order valence-electron chi connectivity index (χ1n) is 10.1. The largest absolute Gasteiger partial charge is 0.497 e. The van der Waals surface area contributed by atoms with Crippen LogP contribution in [-0.4, -0.2) is 33.7 Å². The number of methoxy groups -OCH3 is 1. The molecule has 0 N–H and O–H groups in total. The Morgan fingerprint density at radius 2 is 1.56 bits per heavy atom. The Kier molecular flexibility index (Phi) is 6.03. The minimum atomic E-state index is -0.183.